The molecule has 0 fully saturated rings. The lowest BCUT2D eigenvalue weighted by Crippen LogP contribution is -1.96. The largest absolute Gasteiger partial charge is 0.437 e. The summed E-state index contributed by atoms with van der Waals surface area (Å²) in [5.74, 6) is 0.872. The van der Waals surface area contributed by atoms with Gasteiger partial charge >= 0.3 is 0 Å². The summed E-state index contributed by atoms with van der Waals surface area (Å²) in [6.07, 6.45) is 1.41. The second-order valence-electron chi connectivity index (χ2n) is 3.74. The van der Waals surface area contributed by atoms with Gasteiger partial charge in [0.1, 0.15) is 11.8 Å². The number of nitrogens with zero attached hydrogens (tertiary/aromatic N) is 2. The second kappa shape index (κ2) is 4.94. The molecule has 2 N–H and O–H groups in total. The van der Waals surface area contributed by atoms with E-state index in [0.717, 1.165) is 5.56 Å². The molecular weight excluding hydrogens is 250 g/mol. The second-order valence-corrected chi connectivity index (χ2v) is 4.15. The minimum absolute atomic E-state index is 0.274. The summed E-state index contributed by atoms with van der Waals surface area (Å²) in [5.41, 5.74) is 7.37. The first-order valence-electron chi connectivity index (χ1n) is 5.20. The van der Waals surface area contributed by atoms with E-state index in [2.05, 4.69) is 4.98 Å². The summed E-state index contributed by atoms with van der Waals surface area (Å²) >= 11 is 5.92. The first-order valence-corrected chi connectivity index (χ1v) is 5.57. The standard InChI is InChI=1S/C13H10ClN3O/c1-8-4-10(2-3-11(8)14)18-13-12(16)5-9(6-15)7-17-13/h2-5,7H,16H2,1H3. The average molecular weight is 260 g/mol. The quantitative estimate of drug-likeness (QED) is 0.898. The number of anilines is 1. The molecule has 1 heterocycles. The number of ether oxygens (including phenoxy) is 1. The summed E-state index contributed by atoms with van der Waals surface area (Å²) in [6, 6.07) is 8.75. The Morgan fingerprint density at radius 3 is 2.78 bits per heavy atom. The number of pyridine rings is 1. The van der Waals surface area contributed by atoms with E-state index in [9.17, 15) is 0 Å². The Bertz CT molecular complexity index is 635. The molecule has 1 aromatic carbocycles. The van der Waals surface area contributed by atoms with E-state index < -0.39 is 0 Å². The molecular formula is C13H10ClN3O. The number of aromatic nitrogens is 1. The van der Waals surface area contributed by atoms with Crippen LogP contribution in [-0.2, 0) is 0 Å². The van der Waals surface area contributed by atoms with E-state index in [0.29, 0.717) is 22.0 Å². The highest BCUT2D eigenvalue weighted by molar-refractivity contribution is 6.31. The number of aryl methyl sites for hydroxylation is 1. The fraction of sp³-hybridized carbons (Fsp3) is 0.0769. The lowest BCUT2D eigenvalue weighted by Gasteiger charge is -2.08. The van der Waals surface area contributed by atoms with Crippen molar-refractivity contribution in [1.82, 2.24) is 4.98 Å². The molecule has 0 amide bonds. The summed E-state index contributed by atoms with van der Waals surface area (Å²) in [7, 11) is 0. The first-order chi connectivity index (χ1) is 8.60. The molecule has 0 saturated heterocycles. The van der Waals surface area contributed by atoms with Crippen molar-refractivity contribution in [3.8, 4) is 17.7 Å². The molecule has 0 saturated carbocycles. The van der Waals surface area contributed by atoms with Gasteiger partial charge in [0.2, 0.25) is 5.88 Å². The number of hydrogen-bond acceptors (Lipinski definition) is 4. The molecule has 2 rings (SSSR count). The molecule has 90 valence electrons. The third-order valence-corrected chi connectivity index (χ3v) is 2.78. The van der Waals surface area contributed by atoms with Gasteiger partial charge in [0.05, 0.1) is 11.3 Å². The van der Waals surface area contributed by atoms with Crippen LogP contribution in [0.5, 0.6) is 11.6 Å². The fourth-order valence-electron chi connectivity index (χ4n) is 1.41. The van der Waals surface area contributed by atoms with Crippen molar-refractivity contribution in [3.63, 3.8) is 0 Å². The van der Waals surface area contributed by atoms with E-state index in [-0.39, 0.29) is 5.88 Å². The number of benzene rings is 1. The van der Waals surface area contributed by atoms with E-state index in [4.69, 9.17) is 27.3 Å². The smallest absolute Gasteiger partial charge is 0.242 e. The van der Waals surface area contributed by atoms with E-state index in [1.807, 2.05) is 13.0 Å². The van der Waals surface area contributed by atoms with Crippen LogP contribution < -0.4 is 10.5 Å². The Hall–Kier alpha value is -2.25. The number of hydrogen-bond donors (Lipinski definition) is 1. The lowest BCUT2D eigenvalue weighted by molar-refractivity contribution is 0.465. The maximum absolute atomic E-state index is 8.71. The molecule has 5 heteroatoms. The van der Waals surface area contributed by atoms with Crippen molar-refractivity contribution in [3.05, 3.63) is 46.6 Å². The van der Waals surface area contributed by atoms with E-state index in [1.54, 1.807) is 18.2 Å². The maximum atomic E-state index is 8.71. The summed E-state index contributed by atoms with van der Waals surface area (Å²) in [6.45, 7) is 1.88. The summed E-state index contributed by atoms with van der Waals surface area (Å²) in [4.78, 5) is 3.99. The molecule has 0 aliphatic carbocycles. The van der Waals surface area contributed by atoms with Crippen LogP contribution in [0.25, 0.3) is 0 Å². The summed E-state index contributed by atoms with van der Waals surface area (Å²) in [5, 5.41) is 9.38. The summed E-state index contributed by atoms with van der Waals surface area (Å²) < 4.78 is 5.54. The molecule has 0 bridgehead atoms. The lowest BCUT2D eigenvalue weighted by atomic mass is 10.2. The molecule has 0 unspecified atom stereocenters. The van der Waals surface area contributed by atoms with Crippen LogP contribution >= 0.6 is 11.6 Å². The van der Waals surface area contributed by atoms with Crippen LogP contribution in [0.1, 0.15) is 11.1 Å². The highest BCUT2D eigenvalue weighted by Gasteiger charge is 2.06. The zero-order valence-electron chi connectivity index (χ0n) is 9.64. The number of rotatable bonds is 2. The Labute approximate surface area is 110 Å². The molecule has 4 nitrogen and oxygen atoms in total. The van der Waals surface area contributed by atoms with Gasteiger partial charge in [-0.2, -0.15) is 5.26 Å². The third-order valence-electron chi connectivity index (χ3n) is 2.35. The zero-order valence-corrected chi connectivity index (χ0v) is 10.4. The van der Waals surface area contributed by atoms with Gasteiger partial charge in [0.25, 0.3) is 0 Å². The molecule has 0 spiro atoms. The zero-order chi connectivity index (χ0) is 13.1. The van der Waals surface area contributed by atoms with Gasteiger partial charge in [-0.05, 0) is 36.8 Å². The monoisotopic (exact) mass is 259 g/mol. The van der Waals surface area contributed by atoms with Gasteiger partial charge in [0.15, 0.2) is 0 Å². The van der Waals surface area contributed by atoms with E-state index in [1.165, 1.54) is 12.3 Å². The highest BCUT2D eigenvalue weighted by atomic mass is 35.5. The fourth-order valence-corrected chi connectivity index (χ4v) is 1.53. The third kappa shape index (κ3) is 2.53. The minimum atomic E-state index is 0.274. The number of nitrogens with two attached hydrogens (primary N) is 1. The van der Waals surface area contributed by atoms with Crippen molar-refractivity contribution < 1.29 is 4.74 Å². The Morgan fingerprint density at radius 1 is 1.39 bits per heavy atom. The molecule has 0 aliphatic rings. The van der Waals surface area contributed by atoms with Crippen LogP contribution in [-0.4, -0.2) is 4.98 Å². The van der Waals surface area contributed by atoms with Crippen molar-refractivity contribution in [2.75, 3.05) is 5.73 Å². The predicted molar refractivity (Wildman–Crippen MR) is 69.6 cm³/mol. The topological polar surface area (TPSA) is 71.9 Å². The highest BCUT2D eigenvalue weighted by Crippen LogP contribution is 2.28. The van der Waals surface area contributed by atoms with Gasteiger partial charge in [-0.1, -0.05) is 11.6 Å². The van der Waals surface area contributed by atoms with Crippen LogP contribution in [0.4, 0.5) is 5.69 Å². The number of halogens is 1. The molecule has 2 aromatic rings. The van der Waals surface area contributed by atoms with Crippen molar-refractivity contribution in [2.45, 2.75) is 6.92 Å². The predicted octanol–water partition coefficient (Wildman–Crippen LogP) is 3.29. The molecule has 0 atom stereocenters. The SMILES string of the molecule is Cc1cc(Oc2ncc(C#N)cc2N)ccc1Cl. The van der Waals surface area contributed by atoms with Gasteiger partial charge in [-0.3, -0.25) is 0 Å². The maximum Gasteiger partial charge on any atom is 0.242 e. The molecule has 0 aliphatic heterocycles. The Kier molecular flexibility index (Phi) is 3.35. The molecule has 18 heavy (non-hydrogen) atoms. The Morgan fingerprint density at radius 2 is 2.17 bits per heavy atom. The van der Waals surface area contributed by atoms with Crippen LogP contribution in [0.3, 0.4) is 0 Å². The average Bonchev–Trinajstić information content (AvgIpc) is 2.36. The van der Waals surface area contributed by atoms with Crippen LogP contribution in [0, 0.1) is 18.3 Å². The number of nitrogen functional groups attached to an aromatic ring is 1. The minimum Gasteiger partial charge on any atom is -0.437 e. The Balaban J connectivity index is 2.29. The normalized spacial score (nSPS) is 9.83. The van der Waals surface area contributed by atoms with Crippen LogP contribution in [0.2, 0.25) is 5.02 Å². The number of nitriles is 1. The van der Waals surface area contributed by atoms with Gasteiger partial charge in [0, 0.05) is 11.2 Å². The van der Waals surface area contributed by atoms with Crippen molar-refractivity contribution >= 4 is 17.3 Å². The van der Waals surface area contributed by atoms with Gasteiger partial charge in [-0.25, -0.2) is 4.98 Å². The van der Waals surface area contributed by atoms with Crippen LogP contribution in [0.15, 0.2) is 30.5 Å². The molecule has 1 aromatic heterocycles. The van der Waals surface area contributed by atoms with E-state index >= 15 is 0 Å². The van der Waals surface area contributed by atoms with Crippen molar-refractivity contribution in [2.24, 2.45) is 0 Å². The van der Waals surface area contributed by atoms with Gasteiger partial charge in [-0.15, -0.1) is 0 Å². The first kappa shape index (κ1) is 12.2. The van der Waals surface area contributed by atoms with Crippen molar-refractivity contribution in [1.29, 1.82) is 5.26 Å². The molecule has 0 radical (unpaired) electrons. The van der Waals surface area contributed by atoms with Gasteiger partial charge < -0.3 is 10.5 Å².